The molecule has 0 aliphatic carbocycles. The first-order valence-electron chi connectivity index (χ1n) is 8.54. The molecular weight excluding hydrogens is 360 g/mol. The van der Waals surface area contributed by atoms with Gasteiger partial charge < -0.3 is 4.74 Å². The van der Waals surface area contributed by atoms with Crippen LogP contribution in [0.3, 0.4) is 0 Å². The zero-order chi connectivity index (χ0) is 19.4. The van der Waals surface area contributed by atoms with E-state index in [0.29, 0.717) is 16.6 Å². The van der Waals surface area contributed by atoms with Crippen molar-refractivity contribution in [1.29, 1.82) is 0 Å². The number of hydrogen-bond donors (Lipinski definition) is 1. The van der Waals surface area contributed by atoms with Gasteiger partial charge in [0.25, 0.3) is 0 Å². The predicted molar refractivity (Wildman–Crippen MR) is 109 cm³/mol. The minimum atomic E-state index is -0.401. The Morgan fingerprint density at radius 2 is 1.89 bits per heavy atom. The van der Waals surface area contributed by atoms with E-state index in [1.807, 2.05) is 12.1 Å². The molecule has 5 nitrogen and oxygen atoms in total. The maximum Gasteiger partial charge on any atom is 0.337 e. The average Bonchev–Trinajstić information content (AvgIpc) is 3.07. The molecule has 1 amide bonds. The third-order valence-electron chi connectivity index (χ3n) is 4.07. The van der Waals surface area contributed by atoms with Crippen LogP contribution in [0.5, 0.6) is 0 Å². The van der Waals surface area contributed by atoms with Gasteiger partial charge in [0.15, 0.2) is 5.13 Å². The molecule has 0 atom stereocenters. The fraction of sp³-hybridized carbons (Fsp3) is 0.190. The van der Waals surface area contributed by atoms with E-state index in [1.54, 1.807) is 24.3 Å². The molecule has 0 aliphatic rings. The fourth-order valence-corrected chi connectivity index (χ4v) is 3.44. The monoisotopic (exact) mass is 380 g/mol. The molecule has 2 aromatic carbocycles. The molecular formula is C21H20N2O3S. The Balaban J connectivity index is 1.69. The number of aromatic nitrogens is 1. The van der Waals surface area contributed by atoms with Crippen molar-refractivity contribution in [2.75, 3.05) is 12.4 Å². The van der Waals surface area contributed by atoms with E-state index in [-0.39, 0.29) is 5.91 Å². The maximum absolute atomic E-state index is 12.2. The molecule has 0 saturated carbocycles. The second-order valence-corrected chi connectivity index (χ2v) is 7.37. The van der Waals surface area contributed by atoms with Gasteiger partial charge >= 0.3 is 5.97 Å². The van der Waals surface area contributed by atoms with Gasteiger partial charge in [-0.3, -0.25) is 10.1 Å². The summed E-state index contributed by atoms with van der Waals surface area (Å²) >= 11 is 1.31. The largest absolute Gasteiger partial charge is 0.465 e. The number of rotatable bonds is 5. The number of hydrogen-bond acceptors (Lipinski definition) is 5. The lowest BCUT2D eigenvalue weighted by molar-refractivity contribution is -0.111. The van der Waals surface area contributed by atoms with Crippen LogP contribution in [-0.4, -0.2) is 24.0 Å². The number of ether oxygens (including phenoxy) is 1. The average molecular weight is 380 g/mol. The first-order valence-corrected chi connectivity index (χ1v) is 9.36. The van der Waals surface area contributed by atoms with Crippen LogP contribution >= 0.6 is 11.3 Å². The summed E-state index contributed by atoms with van der Waals surface area (Å²) in [7, 11) is 1.34. The predicted octanol–water partition coefficient (Wildman–Crippen LogP) is 4.86. The highest BCUT2D eigenvalue weighted by Gasteiger charge is 2.10. The van der Waals surface area contributed by atoms with Crippen LogP contribution in [0.15, 0.2) is 48.5 Å². The van der Waals surface area contributed by atoms with Crippen molar-refractivity contribution in [3.8, 4) is 0 Å². The van der Waals surface area contributed by atoms with Gasteiger partial charge in [-0.05, 0) is 41.3 Å². The number of methoxy groups -OCH3 is 1. The SMILES string of the molecule is COC(=O)c1ccc2nc(NC(=O)/C=C/c3ccc(C(C)C)cc3)sc2c1. The Labute approximate surface area is 161 Å². The Kier molecular flexibility index (Phi) is 5.66. The van der Waals surface area contributed by atoms with E-state index in [9.17, 15) is 9.59 Å². The van der Waals surface area contributed by atoms with E-state index < -0.39 is 5.97 Å². The summed E-state index contributed by atoms with van der Waals surface area (Å²) in [5, 5.41) is 3.24. The molecule has 0 unspecified atom stereocenters. The first-order chi connectivity index (χ1) is 13.0. The highest BCUT2D eigenvalue weighted by atomic mass is 32.1. The summed E-state index contributed by atoms with van der Waals surface area (Å²) < 4.78 is 5.52. The van der Waals surface area contributed by atoms with Crippen molar-refractivity contribution < 1.29 is 14.3 Å². The standard InChI is InChI=1S/C21H20N2O3S/c1-13(2)15-7-4-14(5-8-15)6-11-19(24)23-21-22-17-10-9-16(20(25)26-3)12-18(17)27-21/h4-13H,1-3H3,(H,22,23,24)/b11-6+. The number of benzene rings is 2. The summed E-state index contributed by atoms with van der Waals surface area (Å²) in [6.07, 6.45) is 3.25. The quantitative estimate of drug-likeness (QED) is 0.507. The number of nitrogens with one attached hydrogen (secondary N) is 1. The summed E-state index contributed by atoms with van der Waals surface area (Å²) in [6.45, 7) is 4.29. The minimum Gasteiger partial charge on any atom is -0.465 e. The van der Waals surface area contributed by atoms with Crippen molar-refractivity contribution in [1.82, 2.24) is 4.98 Å². The van der Waals surface area contributed by atoms with E-state index in [4.69, 9.17) is 4.74 Å². The topological polar surface area (TPSA) is 68.3 Å². The van der Waals surface area contributed by atoms with Gasteiger partial charge in [-0.15, -0.1) is 0 Å². The molecule has 6 heteroatoms. The summed E-state index contributed by atoms with van der Waals surface area (Å²) in [5.74, 6) is -0.178. The molecule has 3 rings (SSSR count). The van der Waals surface area contributed by atoms with E-state index in [2.05, 4.69) is 36.3 Å². The number of esters is 1. The van der Waals surface area contributed by atoms with Gasteiger partial charge in [-0.2, -0.15) is 0 Å². The number of carbonyl (C=O) groups excluding carboxylic acids is 2. The first kappa shape index (κ1) is 18.8. The van der Waals surface area contributed by atoms with Crippen molar-refractivity contribution in [3.63, 3.8) is 0 Å². The van der Waals surface area contributed by atoms with Crippen LogP contribution in [0.4, 0.5) is 5.13 Å². The number of fused-ring (bicyclic) bond motifs is 1. The molecule has 3 aromatic rings. The smallest absolute Gasteiger partial charge is 0.337 e. The van der Waals surface area contributed by atoms with Gasteiger partial charge in [-0.25, -0.2) is 9.78 Å². The fourth-order valence-electron chi connectivity index (χ4n) is 2.53. The normalized spacial score (nSPS) is 11.3. The van der Waals surface area contributed by atoms with Gasteiger partial charge in [0, 0.05) is 6.08 Å². The van der Waals surface area contributed by atoms with Crippen LogP contribution in [0.25, 0.3) is 16.3 Å². The number of thiazole rings is 1. The van der Waals surface area contributed by atoms with E-state index in [1.165, 1.54) is 30.1 Å². The number of nitrogens with zero attached hydrogens (tertiary/aromatic N) is 1. The minimum absolute atomic E-state index is 0.254. The molecule has 0 aliphatic heterocycles. The van der Waals surface area contributed by atoms with Crippen molar-refractivity contribution in [2.45, 2.75) is 19.8 Å². The molecule has 0 spiro atoms. The second-order valence-electron chi connectivity index (χ2n) is 6.34. The molecule has 0 fully saturated rings. The van der Waals surface area contributed by atoms with Gasteiger partial charge in [-0.1, -0.05) is 49.4 Å². The van der Waals surface area contributed by atoms with Crippen molar-refractivity contribution >= 4 is 44.6 Å². The zero-order valence-corrected chi connectivity index (χ0v) is 16.2. The summed E-state index contributed by atoms with van der Waals surface area (Å²) in [6, 6.07) is 13.2. The van der Waals surface area contributed by atoms with Gasteiger partial charge in [0.2, 0.25) is 5.91 Å². The van der Waals surface area contributed by atoms with Crippen LogP contribution in [0.1, 0.15) is 41.3 Å². The van der Waals surface area contributed by atoms with Gasteiger partial charge in [0.1, 0.15) is 0 Å². The molecule has 0 bridgehead atoms. The number of amides is 1. The Bertz CT molecular complexity index is 1000. The van der Waals surface area contributed by atoms with Gasteiger partial charge in [0.05, 0.1) is 22.9 Å². The van der Waals surface area contributed by atoms with Crippen LogP contribution < -0.4 is 5.32 Å². The van der Waals surface area contributed by atoms with Crippen LogP contribution in [0.2, 0.25) is 0 Å². The number of carbonyl (C=O) groups is 2. The lowest BCUT2D eigenvalue weighted by atomic mass is 10.0. The third-order valence-corrected chi connectivity index (χ3v) is 5.00. The molecule has 0 saturated heterocycles. The summed E-state index contributed by atoms with van der Waals surface area (Å²) in [5.41, 5.74) is 3.39. The van der Waals surface area contributed by atoms with E-state index in [0.717, 1.165) is 15.8 Å². The van der Waals surface area contributed by atoms with Crippen LogP contribution in [-0.2, 0) is 9.53 Å². The highest BCUT2D eigenvalue weighted by Crippen LogP contribution is 2.27. The van der Waals surface area contributed by atoms with Crippen molar-refractivity contribution in [3.05, 3.63) is 65.2 Å². The molecule has 138 valence electrons. The maximum atomic E-state index is 12.2. The lowest BCUT2D eigenvalue weighted by Crippen LogP contribution is -2.07. The molecule has 27 heavy (non-hydrogen) atoms. The molecule has 1 N–H and O–H groups in total. The van der Waals surface area contributed by atoms with Crippen molar-refractivity contribution in [2.24, 2.45) is 0 Å². The number of anilines is 1. The highest BCUT2D eigenvalue weighted by molar-refractivity contribution is 7.22. The zero-order valence-electron chi connectivity index (χ0n) is 15.4. The molecule has 1 aromatic heterocycles. The Hall–Kier alpha value is -2.99. The molecule has 1 heterocycles. The van der Waals surface area contributed by atoms with Crippen LogP contribution in [0, 0.1) is 0 Å². The third kappa shape index (κ3) is 4.60. The molecule has 0 radical (unpaired) electrons. The Morgan fingerprint density at radius 3 is 2.56 bits per heavy atom. The second kappa shape index (κ2) is 8.14. The Morgan fingerprint density at radius 1 is 1.15 bits per heavy atom. The summed E-state index contributed by atoms with van der Waals surface area (Å²) in [4.78, 5) is 28.1. The lowest BCUT2D eigenvalue weighted by Gasteiger charge is -2.04. The van der Waals surface area contributed by atoms with E-state index >= 15 is 0 Å².